The summed E-state index contributed by atoms with van der Waals surface area (Å²) in [6, 6.07) is 16.8. The third kappa shape index (κ3) is 3.01. The van der Waals surface area contributed by atoms with Crippen molar-refractivity contribution in [2.45, 2.75) is 13.5 Å². The molecule has 0 amide bonds. The van der Waals surface area contributed by atoms with E-state index in [9.17, 15) is 14.7 Å². The van der Waals surface area contributed by atoms with E-state index in [1.165, 1.54) is 0 Å². The molecule has 4 rings (SSSR count). The Morgan fingerprint density at radius 2 is 1.78 bits per heavy atom. The summed E-state index contributed by atoms with van der Waals surface area (Å²) in [4.78, 5) is 31.4. The summed E-state index contributed by atoms with van der Waals surface area (Å²) in [5.41, 5.74) is 2.78. The molecule has 0 spiro atoms. The molecular weight excluding hydrogens is 342 g/mol. The minimum Gasteiger partial charge on any atom is -0.494 e. The summed E-state index contributed by atoms with van der Waals surface area (Å²) in [6.07, 6.45) is 1.58. The lowest BCUT2D eigenvalue weighted by Gasteiger charge is -2.10. The quantitative estimate of drug-likeness (QED) is 0.754. The first-order chi connectivity index (χ1) is 13.0. The average Bonchev–Trinajstić information content (AvgIpc) is 2.98. The standard InChI is InChI=1S/C21H17N3O3/c1-13-16(15-9-5-6-10-18(15)22-13)11-17-19(25)23-21(27)24(20(17)26)12-14-7-3-2-4-8-14/h2-11,26H,12H2,1H3,(H,23,25,27)/b16-11-. The molecule has 0 bridgehead atoms. The number of allylic oxidation sites excluding steroid dienone is 1. The van der Waals surface area contributed by atoms with Gasteiger partial charge in [0.05, 0.1) is 12.2 Å². The molecule has 2 N–H and O–H groups in total. The van der Waals surface area contributed by atoms with Crippen LogP contribution in [0, 0.1) is 0 Å². The maximum Gasteiger partial charge on any atom is 0.331 e. The van der Waals surface area contributed by atoms with Gasteiger partial charge in [-0.2, -0.15) is 0 Å². The van der Waals surface area contributed by atoms with E-state index in [1.54, 1.807) is 6.08 Å². The van der Waals surface area contributed by atoms with Crippen molar-refractivity contribution in [3.05, 3.63) is 92.1 Å². The van der Waals surface area contributed by atoms with Gasteiger partial charge in [-0.3, -0.25) is 19.3 Å². The van der Waals surface area contributed by atoms with E-state index in [4.69, 9.17) is 0 Å². The lowest BCUT2D eigenvalue weighted by Crippen LogP contribution is -2.31. The number of aromatic hydroxyl groups is 1. The Bertz CT molecular complexity index is 1200. The zero-order valence-corrected chi connectivity index (χ0v) is 14.6. The number of hydrogen-bond acceptors (Lipinski definition) is 4. The number of fused-ring (bicyclic) bond motifs is 1. The molecule has 6 nitrogen and oxygen atoms in total. The number of hydrogen-bond donors (Lipinski definition) is 2. The Kier molecular flexibility index (Phi) is 4.08. The topological polar surface area (TPSA) is 87.4 Å². The molecule has 6 heteroatoms. The van der Waals surface area contributed by atoms with E-state index in [1.807, 2.05) is 61.5 Å². The van der Waals surface area contributed by atoms with E-state index in [-0.39, 0.29) is 18.0 Å². The van der Waals surface area contributed by atoms with Gasteiger partial charge in [-0.1, -0.05) is 48.5 Å². The highest BCUT2D eigenvalue weighted by Gasteiger charge is 2.20. The predicted molar refractivity (Wildman–Crippen MR) is 106 cm³/mol. The van der Waals surface area contributed by atoms with Crippen molar-refractivity contribution in [1.82, 2.24) is 9.55 Å². The number of H-pyrrole nitrogens is 1. The number of aromatic nitrogens is 2. The summed E-state index contributed by atoms with van der Waals surface area (Å²) in [5, 5.41) is 10.7. The van der Waals surface area contributed by atoms with Gasteiger partial charge in [-0.05, 0) is 24.6 Å². The first-order valence-electron chi connectivity index (χ1n) is 8.51. The van der Waals surface area contributed by atoms with Crippen LogP contribution in [0.25, 0.3) is 11.6 Å². The van der Waals surface area contributed by atoms with Crippen molar-refractivity contribution in [1.29, 1.82) is 0 Å². The number of aromatic amines is 1. The van der Waals surface area contributed by atoms with Gasteiger partial charge >= 0.3 is 5.69 Å². The van der Waals surface area contributed by atoms with Crippen molar-refractivity contribution >= 4 is 23.0 Å². The molecule has 1 aliphatic rings. The number of nitrogens with zero attached hydrogens (tertiary/aromatic N) is 2. The maximum atomic E-state index is 12.4. The SMILES string of the molecule is CC1=Nc2ccccc2/C1=C\c1c(O)n(Cc2ccccc2)c(=O)[nH]c1=O. The highest BCUT2D eigenvalue weighted by molar-refractivity contribution is 6.31. The van der Waals surface area contributed by atoms with Crippen LogP contribution in [0.1, 0.15) is 23.6 Å². The van der Waals surface area contributed by atoms with Gasteiger partial charge < -0.3 is 5.11 Å². The predicted octanol–water partition coefficient (Wildman–Crippen LogP) is 2.94. The van der Waals surface area contributed by atoms with Crippen LogP contribution in [0.2, 0.25) is 0 Å². The number of nitrogens with one attached hydrogen (secondary N) is 1. The van der Waals surface area contributed by atoms with Crippen molar-refractivity contribution in [3.8, 4) is 5.88 Å². The smallest absolute Gasteiger partial charge is 0.331 e. The van der Waals surface area contributed by atoms with Crippen LogP contribution in [0.4, 0.5) is 5.69 Å². The Hall–Kier alpha value is -3.67. The molecule has 0 aliphatic carbocycles. The molecule has 0 radical (unpaired) electrons. The fourth-order valence-electron chi connectivity index (χ4n) is 3.18. The minimum atomic E-state index is -0.652. The molecule has 0 atom stereocenters. The van der Waals surface area contributed by atoms with Gasteiger partial charge in [0, 0.05) is 16.8 Å². The van der Waals surface area contributed by atoms with Crippen molar-refractivity contribution < 1.29 is 5.11 Å². The van der Waals surface area contributed by atoms with Gasteiger partial charge in [0.1, 0.15) is 5.56 Å². The van der Waals surface area contributed by atoms with E-state index < -0.39 is 11.2 Å². The Morgan fingerprint density at radius 1 is 1.07 bits per heavy atom. The summed E-state index contributed by atoms with van der Waals surface area (Å²) < 4.78 is 1.15. The van der Waals surface area contributed by atoms with Crippen LogP contribution >= 0.6 is 0 Å². The number of rotatable bonds is 3. The van der Waals surface area contributed by atoms with Crippen LogP contribution in [-0.2, 0) is 6.54 Å². The fourth-order valence-corrected chi connectivity index (χ4v) is 3.18. The molecule has 2 aromatic carbocycles. The lowest BCUT2D eigenvalue weighted by atomic mass is 10.0. The molecule has 0 fully saturated rings. The van der Waals surface area contributed by atoms with Crippen molar-refractivity contribution in [2.24, 2.45) is 4.99 Å². The molecule has 1 aromatic heterocycles. The van der Waals surface area contributed by atoms with E-state index in [0.717, 1.165) is 32.7 Å². The zero-order chi connectivity index (χ0) is 19.0. The van der Waals surface area contributed by atoms with Gasteiger partial charge in [-0.15, -0.1) is 0 Å². The Balaban J connectivity index is 1.85. The van der Waals surface area contributed by atoms with Crippen LogP contribution in [0.5, 0.6) is 5.88 Å². The van der Waals surface area contributed by atoms with Gasteiger partial charge in [0.15, 0.2) is 0 Å². The lowest BCUT2D eigenvalue weighted by molar-refractivity contribution is 0.408. The summed E-state index contributed by atoms with van der Waals surface area (Å²) in [5.74, 6) is -0.364. The second kappa shape index (κ2) is 6.57. The Morgan fingerprint density at radius 3 is 2.56 bits per heavy atom. The first kappa shape index (κ1) is 16.8. The van der Waals surface area contributed by atoms with Crippen LogP contribution in [0.15, 0.2) is 69.2 Å². The van der Waals surface area contributed by atoms with E-state index in [2.05, 4.69) is 9.98 Å². The van der Waals surface area contributed by atoms with Crippen LogP contribution in [-0.4, -0.2) is 20.4 Å². The van der Waals surface area contributed by atoms with Crippen molar-refractivity contribution in [3.63, 3.8) is 0 Å². The molecular formula is C21H17N3O3. The summed E-state index contributed by atoms with van der Waals surface area (Å²) in [7, 11) is 0. The molecule has 2 heterocycles. The normalized spacial score (nSPS) is 14.3. The minimum absolute atomic E-state index is 0.0341. The second-order valence-electron chi connectivity index (χ2n) is 6.34. The second-order valence-corrected chi connectivity index (χ2v) is 6.34. The van der Waals surface area contributed by atoms with Gasteiger partial charge in [0.2, 0.25) is 5.88 Å². The summed E-state index contributed by atoms with van der Waals surface area (Å²) >= 11 is 0. The molecule has 0 saturated carbocycles. The molecule has 1 aliphatic heterocycles. The third-order valence-electron chi connectivity index (χ3n) is 4.55. The molecule has 27 heavy (non-hydrogen) atoms. The highest BCUT2D eigenvalue weighted by atomic mass is 16.3. The Labute approximate surface area is 154 Å². The third-order valence-corrected chi connectivity index (χ3v) is 4.55. The summed E-state index contributed by atoms with van der Waals surface area (Å²) in [6.45, 7) is 2.00. The number of aliphatic imine (C=N–C) groups is 1. The van der Waals surface area contributed by atoms with Crippen LogP contribution < -0.4 is 11.2 Å². The van der Waals surface area contributed by atoms with Gasteiger partial charge in [0.25, 0.3) is 5.56 Å². The van der Waals surface area contributed by atoms with E-state index >= 15 is 0 Å². The van der Waals surface area contributed by atoms with Gasteiger partial charge in [-0.25, -0.2) is 4.79 Å². The molecule has 0 unspecified atom stereocenters. The van der Waals surface area contributed by atoms with Crippen molar-refractivity contribution in [2.75, 3.05) is 0 Å². The molecule has 0 saturated heterocycles. The monoisotopic (exact) mass is 359 g/mol. The number of para-hydroxylation sites is 1. The highest BCUT2D eigenvalue weighted by Crippen LogP contribution is 2.35. The molecule has 134 valence electrons. The molecule has 3 aromatic rings. The maximum absolute atomic E-state index is 12.4. The largest absolute Gasteiger partial charge is 0.494 e. The van der Waals surface area contributed by atoms with Crippen LogP contribution in [0.3, 0.4) is 0 Å². The first-order valence-corrected chi connectivity index (χ1v) is 8.51. The zero-order valence-electron chi connectivity index (χ0n) is 14.6. The fraction of sp³-hybridized carbons (Fsp3) is 0.0952. The number of benzene rings is 2. The average molecular weight is 359 g/mol. The van der Waals surface area contributed by atoms with E-state index in [0.29, 0.717) is 0 Å².